The first-order valence-corrected chi connectivity index (χ1v) is 14.5. The van der Waals surface area contributed by atoms with Gasteiger partial charge in [0.15, 0.2) is 0 Å². The summed E-state index contributed by atoms with van der Waals surface area (Å²) in [6.07, 6.45) is 8.88. The first-order chi connectivity index (χ1) is 18.2. The quantitative estimate of drug-likeness (QED) is 0.585. The van der Waals surface area contributed by atoms with Crippen molar-refractivity contribution in [2.24, 2.45) is 23.2 Å². The zero-order chi connectivity index (χ0) is 26.2. The molecule has 2 N–H and O–H groups in total. The van der Waals surface area contributed by atoms with Gasteiger partial charge in [-0.3, -0.25) is 18.8 Å². The van der Waals surface area contributed by atoms with Gasteiger partial charge in [0.05, 0.1) is 23.9 Å². The van der Waals surface area contributed by atoms with Gasteiger partial charge in [0.1, 0.15) is 0 Å². The van der Waals surface area contributed by atoms with Gasteiger partial charge >= 0.3 is 11.9 Å². The lowest BCUT2D eigenvalue weighted by atomic mass is 9.65. The number of imidazole rings is 1. The van der Waals surface area contributed by atoms with Crippen LogP contribution in [0.5, 0.6) is 0 Å². The van der Waals surface area contributed by atoms with Gasteiger partial charge in [-0.2, -0.15) is 13.2 Å². The molecule has 3 unspecified atom stereocenters. The maximum absolute atomic E-state index is 14.2. The number of hydrazine groups is 1. The number of pyridine rings is 1. The molecule has 0 radical (unpaired) electrons. The molecule has 0 amide bonds. The van der Waals surface area contributed by atoms with Crippen LogP contribution in [0.25, 0.3) is 5.52 Å². The zero-order valence-electron chi connectivity index (χ0n) is 22.1. The van der Waals surface area contributed by atoms with Crippen LogP contribution in [0.15, 0.2) is 23.3 Å². The van der Waals surface area contributed by atoms with Crippen molar-refractivity contribution in [3.8, 4) is 0 Å². The number of aromatic nitrogens is 2. The molecule has 5 fully saturated rings. The van der Waals surface area contributed by atoms with Gasteiger partial charge in [0, 0.05) is 38.1 Å². The second-order valence-electron chi connectivity index (χ2n) is 13.0. The van der Waals surface area contributed by atoms with E-state index in [-0.39, 0.29) is 23.4 Å². The average molecular weight is 533 g/mol. The average Bonchev–Trinajstić information content (AvgIpc) is 3.41. The topological polar surface area (TPSA) is 56.9 Å². The Labute approximate surface area is 221 Å². The minimum absolute atomic E-state index is 0.0208. The summed E-state index contributed by atoms with van der Waals surface area (Å²) in [6, 6.07) is 1.19. The first kappa shape index (κ1) is 25.1. The number of hydrogen-bond donors (Lipinski definition) is 2. The molecule has 2 aromatic heterocycles. The number of rotatable bonds is 6. The Bertz CT molecular complexity index is 1250. The summed E-state index contributed by atoms with van der Waals surface area (Å²) in [6.45, 7) is 3.17. The zero-order valence-corrected chi connectivity index (χ0v) is 22.1. The van der Waals surface area contributed by atoms with Crippen LogP contribution < -0.4 is 16.5 Å². The fraction of sp³-hybridized carbons (Fsp3) is 0.750. The molecule has 2 saturated heterocycles. The highest BCUT2D eigenvalue weighted by Gasteiger charge is 2.52. The highest BCUT2D eigenvalue weighted by Crippen LogP contribution is 2.53. The summed E-state index contributed by atoms with van der Waals surface area (Å²) in [4.78, 5) is 18.2. The van der Waals surface area contributed by atoms with E-state index in [2.05, 4.69) is 27.7 Å². The number of fused-ring (bicyclic) bond motifs is 1. The summed E-state index contributed by atoms with van der Waals surface area (Å²) >= 11 is 0. The molecule has 38 heavy (non-hydrogen) atoms. The summed E-state index contributed by atoms with van der Waals surface area (Å²) in [5.41, 5.74) is 6.70. The van der Waals surface area contributed by atoms with Gasteiger partial charge in [-0.1, -0.05) is 25.7 Å². The van der Waals surface area contributed by atoms with Gasteiger partial charge in [-0.25, -0.2) is 15.6 Å². The molecule has 0 aromatic carbocycles. The molecular weight excluding hydrogens is 493 g/mol. The second-order valence-corrected chi connectivity index (χ2v) is 13.0. The number of hydrogen-bond acceptors (Lipinski definition) is 5. The van der Waals surface area contributed by atoms with Gasteiger partial charge in [0.2, 0.25) is 0 Å². The van der Waals surface area contributed by atoms with E-state index < -0.39 is 11.7 Å². The Morgan fingerprint density at radius 3 is 2.45 bits per heavy atom. The molecule has 4 atom stereocenters. The molecule has 7 nitrogen and oxygen atoms in total. The van der Waals surface area contributed by atoms with E-state index >= 15 is 0 Å². The Hall–Kier alpha value is -1.88. The van der Waals surface area contributed by atoms with Gasteiger partial charge in [0.25, 0.3) is 0 Å². The number of alkyl halides is 3. The molecule has 2 aromatic rings. The Morgan fingerprint density at radius 2 is 1.82 bits per heavy atom. The Morgan fingerprint density at radius 1 is 1.08 bits per heavy atom. The summed E-state index contributed by atoms with van der Waals surface area (Å²) in [7, 11) is 2.13. The van der Waals surface area contributed by atoms with Gasteiger partial charge < -0.3 is 0 Å². The monoisotopic (exact) mass is 532 g/mol. The third-order valence-electron chi connectivity index (χ3n) is 10.4. The highest BCUT2D eigenvalue weighted by molar-refractivity contribution is 5.56. The molecule has 1 spiro atoms. The van der Waals surface area contributed by atoms with E-state index in [4.69, 9.17) is 0 Å². The lowest BCUT2D eigenvalue weighted by molar-refractivity contribution is -0.136. The predicted octanol–water partition coefficient (Wildman–Crippen LogP) is 4.19. The van der Waals surface area contributed by atoms with E-state index in [1.54, 1.807) is 10.8 Å². The maximum Gasteiger partial charge on any atom is 0.418 e. The smallest absolute Gasteiger partial charge is 0.298 e. The van der Waals surface area contributed by atoms with Crippen molar-refractivity contribution in [1.29, 1.82) is 0 Å². The SMILES string of the molecule is CN1CNNC1[C@H](C1CCC1)C1CCCC(n2cc3c(C(F)(F)F)cc(CN4CC5(CC5)C4)cn3c2=O)C1. The van der Waals surface area contributed by atoms with Crippen LogP contribution in [0.4, 0.5) is 13.2 Å². The Balaban J connectivity index is 1.19. The Kier molecular flexibility index (Phi) is 6.00. The number of likely N-dealkylation sites (tertiary alicyclic amines) is 1. The number of nitrogens with one attached hydrogen (secondary N) is 2. The second kappa shape index (κ2) is 9.08. The normalized spacial score (nSPS) is 31.0. The van der Waals surface area contributed by atoms with Crippen molar-refractivity contribution < 1.29 is 13.2 Å². The molecule has 7 rings (SSSR count). The van der Waals surface area contributed by atoms with Crippen molar-refractivity contribution in [1.82, 2.24) is 29.6 Å². The van der Waals surface area contributed by atoms with Crippen LogP contribution in [0.1, 0.15) is 75.0 Å². The molecule has 5 aliphatic rings. The minimum Gasteiger partial charge on any atom is -0.298 e. The minimum atomic E-state index is -4.51. The molecule has 3 saturated carbocycles. The van der Waals surface area contributed by atoms with Crippen LogP contribution in [-0.2, 0) is 12.7 Å². The predicted molar refractivity (Wildman–Crippen MR) is 138 cm³/mol. The lowest BCUT2D eigenvalue weighted by Gasteiger charge is -2.46. The van der Waals surface area contributed by atoms with Crippen LogP contribution >= 0.6 is 0 Å². The van der Waals surface area contributed by atoms with E-state index in [0.29, 0.717) is 35.3 Å². The fourth-order valence-corrected chi connectivity index (χ4v) is 8.01. The number of halogens is 3. The third kappa shape index (κ3) is 4.32. The first-order valence-electron chi connectivity index (χ1n) is 14.5. The van der Waals surface area contributed by atoms with Crippen LogP contribution in [0, 0.1) is 23.2 Å². The summed E-state index contributed by atoms with van der Waals surface area (Å²) in [5.74, 6) is 1.58. The van der Waals surface area contributed by atoms with Gasteiger partial charge in [-0.05, 0) is 74.0 Å². The van der Waals surface area contributed by atoms with Crippen molar-refractivity contribution in [3.05, 3.63) is 40.1 Å². The van der Waals surface area contributed by atoms with Crippen molar-refractivity contribution in [2.45, 2.75) is 82.7 Å². The maximum atomic E-state index is 14.2. The van der Waals surface area contributed by atoms with E-state index in [0.717, 1.165) is 45.4 Å². The summed E-state index contributed by atoms with van der Waals surface area (Å²) in [5, 5.41) is 0. The lowest BCUT2D eigenvalue weighted by Crippen LogP contribution is -2.50. The van der Waals surface area contributed by atoms with Crippen LogP contribution in [0.2, 0.25) is 0 Å². The molecular formula is C28H39F3N6O. The van der Waals surface area contributed by atoms with Crippen LogP contribution in [0.3, 0.4) is 0 Å². The van der Waals surface area contributed by atoms with Gasteiger partial charge in [-0.15, -0.1) is 0 Å². The van der Waals surface area contributed by atoms with E-state index in [1.807, 2.05) is 0 Å². The molecule has 2 aliphatic heterocycles. The standard InChI is InChI=1S/C28H39F3N6O/c1-34-17-32-33-25(34)24(19-4-2-5-19)20-6-3-7-21(11-20)36-14-23-22(28(29,30)31)10-18(13-37(23)26(36)38)12-35-15-27(16-35)8-9-27/h10,13-14,19-21,24-25,32-33H,2-9,11-12,15-17H2,1H3/t20?,21?,24-,25?/m1/s1. The summed E-state index contributed by atoms with van der Waals surface area (Å²) < 4.78 is 45.5. The number of nitrogens with zero attached hydrogens (tertiary/aromatic N) is 4. The van der Waals surface area contributed by atoms with Crippen molar-refractivity contribution in [2.75, 3.05) is 26.8 Å². The molecule has 0 bridgehead atoms. The molecule has 3 aliphatic carbocycles. The molecule has 208 valence electrons. The highest BCUT2D eigenvalue weighted by atomic mass is 19.4. The third-order valence-corrected chi connectivity index (χ3v) is 10.4. The van der Waals surface area contributed by atoms with E-state index in [9.17, 15) is 18.0 Å². The van der Waals surface area contributed by atoms with E-state index in [1.165, 1.54) is 48.8 Å². The molecule has 10 heteroatoms. The molecule has 4 heterocycles. The fourth-order valence-electron chi connectivity index (χ4n) is 8.01. The van der Waals surface area contributed by atoms with Crippen molar-refractivity contribution in [3.63, 3.8) is 0 Å². The van der Waals surface area contributed by atoms with Crippen molar-refractivity contribution >= 4 is 5.52 Å². The largest absolute Gasteiger partial charge is 0.418 e. The van der Waals surface area contributed by atoms with Crippen LogP contribution in [-0.4, -0.2) is 51.7 Å².